The zero-order valence-electron chi connectivity index (χ0n) is 15.0. The standard InChI is InChI=1S/C23H26F2/c1-2-3-4-5-6-7-17-8-14-22-19(16-17)11-15-21(23(22)25)18-9-12-20(24)13-10-18/h8-13,15H,2-7,14,16H2,1H3. The summed E-state index contributed by atoms with van der Waals surface area (Å²) in [5, 5.41) is 0. The number of unbranched alkanes of at least 4 members (excludes halogenated alkanes) is 4. The minimum absolute atomic E-state index is 0.151. The predicted octanol–water partition coefficient (Wildman–Crippen LogP) is 7.02. The third-order valence-electron chi connectivity index (χ3n) is 5.11. The fraction of sp³-hybridized carbons (Fsp3) is 0.391. The van der Waals surface area contributed by atoms with Gasteiger partial charge in [0.1, 0.15) is 11.6 Å². The summed E-state index contributed by atoms with van der Waals surface area (Å²) in [5.41, 5.74) is 4.64. The zero-order valence-corrected chi connectivity index (χ0v) is 15.0. The Hall–Kier alpha value is -1.96. The van der Waals surface area contributed by atoms with Crippen molar-refractivity contribution in [2.45, 2.75) is 58.3 Å². The van der Waals surface area contributed by atoms with Gasteiger partial charge in [-0.1, -0.05) is 68.5 Å². The molecule has 3 rings (SSSR count). The van der Waals surface area contributed by atoms with Crippen molar-refractivity contribution in [3.63, 3.8) is 0 Å². The molecule has 25 heavy (non-hydrogen) atoms. The maximum Gasteiger partial charge on any atom is 0.134 e. The molecule has 0 fully saturated rings. The van der Waals surface area contributed by atoms with Crippen molar-refractivity contribution in [2.24, 2.45) is 0 Å². The van der Waals surface area contributed by atoms with E-state index < -0.39 is 0 Å². The quantitative estimate of drug-likeness (QED) is 0.375. The number of hydrogen-bond donors (Lipinski definition) is 0. The van der Waals surface area contributed by atoms with E-state index in [4.69, 9.17) is 0 Å². The lowest BCUT2D eigenvalue weighted by Crippen LogP contribution is -2.07. The Bertz CT molecular complexity index is 741. The fourth-order valence-corrected chi connectivity index (χ4v) is 3.61. The Morgan fingerprint density at radius 1 is 0.880 bits per heavy atom. The van der Waals surface area contributed by atoms with Crippen LogP contribution in [-0.4, -0.2) is 0 Å². The number of benzene rings is 2. The van der Waals surface area contributed by atoms with Gasteiger partial charge in [-0.3, -0.25) is 0 Å². The van der Waals surface area contributed by atoms with Gasteiger partial charge in [0.15, 0.2) is 0 Å². The molecular formula is C23H26F2. The third-order valence-corrected chi connectivity index (χ3v) is 5.11. The van der Waals surface area contributed by atoms with Crippen molar-refractivity contribution in [1.29, 1.82) is 0 Å². The van der Waals surface area contributed by atoms with Gasteiger partial charge in [-0.25, -0.2) is 8.78 Å². The Balaban J connectivity index is 1.69. The van der Waals surface area contributed by atoms with Crippen LogP contribution in [0.2, 0.25) is 0 Å². The maximum atomic E-state index is 14.9. The molecule has 0 aromatic heterocycles. The Morgan fingerprint density at radius 2 is 1.64 bits per heavy atom. The van der Waals surface area contributed by atoms with Crippen LogP contribution in [0.15, 0.2) is 48.0 Å². The molecule has 0 saturated carbocycles. The summed E-state index contributed by atoms with van der Waals surface area (Å²) in [6, 6.07) is 9.92. The Kier molecular flexibility index (Phi) is 6.01. The third kappa shape index (κ3) is 4.36. The van der Waals surface area contributed by atoms with E-state index in [0.29, 0.717) is 12.0 Å². The molecule has 0 saturated heterocycles. The van der Waals surface area contributed by atoms with Crippen LogP contribution in [0.25, 0.3) is 11.1 Å². The lowest BCUT2D eigenvalue weighted by molar-refractivity contribution is 0.607. The second-order valence-electron chi connectivity index (χ2n) is 6.98. The molecule has 1 aliphatic carbocycles. The van der Waals surface area contributed by atoms with Crippen molar-refractivity contribution < 1.29 is 8.78 Å². The summed E-state index contributed by atoms with van der Waals surface area (Å²) < 4.78 is 28.0. The van der Waals surface area contributed by atoms with Crippen molar-refractivity contribution in [2.75, 3.05) is 0 Å². The van der Waals surface area contributed by atoms with Crippen molar-refractivity contribution in [3.05, 3.63) is 70.8 Å². The molecule has 0 unspecified atom stereocenters. The largest absolute Gasteiger partial charge is 0.207 e. The van der Waals surface area contributed by atoms with E-state index in [1.165, 1.54) is 49.8 Å². The van der Waals surface area contributed by atoms with Gasteiger partial charge in [0.25, 0.3) is 0 Å². The summed E-state index contributed by atoms with van der Waals surface area (Å²) >= 11 is 0. The summed E-state index contributed by atoms with van der Waals surface area (Å²) in [5.74, 6) is -0.448. The number of rotatable bonds is 7. The van der Waals surface area contributed by atoms with Crippen LogP contribution in [0, 0.1) is 11.6 Å². The molecule has 0 nitrogen and oxygen atoms in total. The van der Waals surface area contributed by atoms with Gasteiger partial charge in [-0.2, -0.15) is 0 Å². The van der Waals surface area contributed by atoms with Crippen LogP contribution in [0.5, 0.6) is 0 Å². The fourth-order valence-electron chi connectivity index (χ4n) is 3.61. The summed E-state index contributed by atoms with van der Waals surface area (Å²) in [6.07, 6.45) is 11.3. The van der Waals surface area contributed by atoms with Gasteiger partial charge >= 0.3 is 0 Å². The smallest absolute Gasteiger partial charge is 0.134 e. The first-order valence-electron chi connectivity index (χ1n) is 9.43. The molecule has 0 atom stereocenters. The molecular weight excluding hydrogens is 314 g/mol. The van der Waals surface area contributed by atoms with E-state index >= 15 is 0 Å². The molecule has 0 spiro atoms. The molecule has 0 radical (unpaired) electrons. The minimum Gasteiger partial charge on any atom is -0.207 e. The second kappa shape index (κ2) is 8.42. The first kappa shape index (κ1) is 17.8. The molecule has 2 aromatic rings. The normalized spacial score (nSPS) is 13.5. The summed E-state index contributed by atoms with van der Waals surface area (Å²) in [4.78, 5) is 0. The van der Waals surface area contributed by atoms with Crippen molar-refractivity contribution >= 4 is 0 Å². The summed E-state index contributed by atoms with van der Waals surface area (Å²) in [7, 11) is 0. The van der Waals surface area contributed by atoms with Crippen LogP contribution in [0.4, 0.5) is 8.78 Å². The monoisotopic (exact) mass is 340 g/mol. The van der Waals surface area contributed by atoms with E-state index in [9.17, 15) is 8.78 Å². The van der Waals surface area contributed by atoms with E-state index in [2.05, 4.69) is 13.0 Å². The van der Waals surface area contributed by atoms with Crippen molar-refractivity contribution in [3.8, 4) is 11.1 Å². The van der Waals surface area contributed by atoms with Crippen LogP contribution in [0.1, 0.15) is 56.6 Å². The van der Waals surface area contributed by atoms with Gasteiger partial charge in [-0.15, -0.1) is 0 Å². The highest BCUT2D eigenvalue weighted by Gasteiger charge is 2.18. The summed E-state index contributed by atoms with van der Waals surface area (Å²) in [6.45, 7) is 2.23. The van der Waals surface area contributed by atoms with Crippen LogP contribution in [0.3, 0.4) is 0 Å². The molecule has 0 bridgehead atoms. The Labute approximate surface area is 149 Å². The first-order valence-corrected chi connectivity index (χ1v) is 9.43. The van der Waals surface area contributed by atoms with Gasteiger partial charge in [0.05, 0.1) is 0 Å². The molecule has 0 amide bonds. The number of halogens is 2. The van der Waals surface area contributed by atoms with Gasteiger partial charge in [0.2, 0.25) is 0 Å². The van der Waals surface area contributed by atoms with Gasteiger partial charge < -0.3 is 0 Å². The molecule has 2 aromatic carbocycles. The minimum atomic E-state index is -0.298. The SMILES string of the molecule is CCCCCCCC1=CCc2c(ccc(-c3ccc(F)cc3)c2F)C1. The van der Waals surface area contributed by atoms with Crippen LogP contribution < -0.4 is 0 Å². The average molecular weight is 340 g/mol. The maximum absolute atomic E-state index is 14.9. The lowest BCUT2D eigenvalue weighted by Gasteiger charge is -2.19. The van der Waals surface area contributed by atoms with Gasteiger partial charge in [-0.05, 0) is 54.5 Å². The molecule has 1 aliphatic rings. The highest BCUT2D eigenvalue weighted by molar-refractivity contribution is 5.66. The molecule has 0 N–H and O–H groups in total. The molecule has 2 heteroatoms. The van der Waals surface area contributed by atoms with Crippen LogP contribution in [-0.2, 0) is 12.8 Å². The van der Waals surface area contributed by atoms with E-state index in [-0.39, 0.29) is 11.6 Å². The van der Waals surface area contributed by atoms with E-state index in [0.717, 1.165) is 29.5 Å². The number of hydrogen-bond acceptors (Lipinski definition) is 0. The van der Waals surface area contributed by atoms with Crippen LogP contribution >= 0.6 is 0 Å². The average Bonchev–Trinajstić information content (AvgIpc) is 2.63. The highest BCUT2D eigenvalue weighted by atomic mass is 19.1. The first-order chi connectivity index (χ1) is 12.2. The number of allylic oxidation sites excluding steroid dienone is 2. The second-order valence-corrected chi connectivity index (χ2v) is 6.98. The molecule has 132 valence electrons. The predicted molar refractivity (Wildman–Crippen MR) is 101 cm³/mol. The Morgan fingerprint density at radius 3 is 2.40 bits per heavy atom. The zero-order chi connectivity index (χ0) is 17.6. The van der Waals surface area contributed by atoms with E-state index in [1.54, 1.807) is 12.1 Å². The van der Waals surface area contributed by atoms with Gasteiger partial charge in [0, 0.05) is 5.56 Å². The van der Waals surface area contributed by atoms with Crippen molar-refractivity contribution in [1.82, 2.24) is 0 Å². The molecule has 0 heterocycles. The van der Waals surface area contributed by atoms with E-state index in [1.807, 2.05) is 12.1 Å². The molecule has 0 aliphatic heterocycles. The topological polar surface area (TPSA) is 0 Å². The highest BCUT2D eigenvalue weighted by Crippen LogP contribution is 2.32. The lowest BCUT2D eigenvalue weighted by atomic mass is 9.86. The number of fused-ring (bicyclic) bond motifs is 1.